The Bertz CT molecular complexity index is 820. The molecule has 6 nitrogen and oxygen atoms in total. The average Bonchev–Trinajstić information content (AvgIpc) is 3.11. The molecule has 1 heterocycles. The van der Waals surface area contributed by atoms with E-state index in [-0.39, 0.29) is 18.4 Å². The van der Waals surface area contributed by atoms with Crippen LogP contribution in [0.15, 0.2) is 48.5 Å². The van der Waals surface area contributed by atoms with Crippen LogP contribution in [-0.2, 0) is 4.79 Å². The molecule has 0 spiro atoms. The molecule has 0 saturated carbocycles. The topological polar surface area (TPSA) is 76.1 Å². The SMILES string of the molecule is CCOc1ccccc1Oc1ccccc1C(=O)N1CCCC1CC(=O)O. The summed E-state index contributed by atoms with van der Waals surface area (Å²) in [6, 6.07) is 14.0. The molecule has 2 aromatic carbocycles. The van der Waals surface area contributed by atoms with Gasteiger partial charge in [-0.3, -0.25) is 9.59 Å². The molecular weight excluding hydrogens is 346 g/mol. The van der Waals surface area contributed by atoms with Crippen molar-refractivity contribution in [2.24, 2.45) is 0 Å². The summed E-state index contributed by atoms with van der Waals surface area (Å²) in [6.45, 7) is 2.95. The maximum atomic E-state index is 13.1. The first kappa shape index (κ1) is 18.8. The minimum Gasteiger partial charge on any atom is -0.490 e. The Labute approximate surface area is 158 Å². The number of hydrogen-bond acceptors (Lipinski definition) is 4. The van der Waals surface area contributed by atoms with Crippen LogP contribution in [-0.4, -0.2) is 41.1 Å². The maximum absolute atomic E-state index is 13.1. The van der Waals surface area contributed by atoms with Crippen LogP contribution >= 0.6 is 0 Å². The molecule has 3 rings (SSSR count). The molecular formula is C21H23NO5. The molecule has 1 fully saturated rings. The van der Waals surface area contributed by atoms with Crippen LogP contribution < -0.4 is 9.47 Å². The van der Waals surface area contributed by atoms with E-state index in [1.807, 2.05) is 25.1 Å². The Morgan fingerprint density at radius 3 is 2.44 bits per heavy atom. The lowest BCUT2D eigenvalue weighted by atomic mass is 10.1. The highest BCUT2D eigenvalue weighted by Crippen LogP contribution is 2.34. The molecule has 1 N–H and O–H groups in total. The van der Waals surface area contributed by atoms with Crippen molar-refractivity contribution >= 4 is 11.9 Å². The van der Waals surface area contributed by atoms with Gasteiger partial charge in [-0.25, -0.2) is 0 Å². The van der Waals surface area contributed by atoms with Crippen LogP contribution in [0.1, 0.15) is 36.5 Å². The largest absolute Gasteiger partial charge is 0.490 e. The second kappa shape index (κ2) is 8.58. The highest BCUT2D eigenvalue weighted by atomic mass is 16.5. The van der Waals surface area contributed by atoms with E-state index in [1.54, 1.807) is 35.2 Å². The third-order valence-electron chi connectivity index (χ3n) is 4.53. The summed E-state index contributed by atoms with van der Waals surface area (Å²) in [7, 11) is 0. The molecule has 2 aromatic rings. The van der Waals surface area contributed by atoms with Gasteiger partial charge in [0.1, 0.15) is 5.75 Å². The third kappa shape index (κ3) is 4.39. The van der Waals surface area contributed by atoms with Crippen molar-refractivity contribution in [3.05, 3.63) is 54.1 Å². The Hall–Kier alpha value is -3.02. The number of carboxylic acids is 1. The third-order valence-corrected chi connectivity index (χ3v) is 4.53. The number of likely N-dealkylation sites (tertiary alicyclic amines) is 1. The van der Waals surface area contributed by atoms with Gasteiger partial charge in [-0.2, -0.15) is 0 Å². The molecule has 1 unspecified atom stereocenters. The molecule has 0 aliphatic carbocycles. The van der Waals surface area contributed by atoms with E-state index in [9.17, 15) is 9.59 Å². The Balaban J connectivity index is 1.86. The summed E-state index contributed by atoms with van der Waals surface area (Å²) in [5, 5.41) is 9.10. The number of amides is 1. The molecule has 1 atom stereocenters. The van der Waals surface area contributed by atoms with E-state index in [2.05, 4.69) is 0 Å². The average molecular weight is 369 g/mol. The number of carbonyl (C=O) groups is 2. The van der Waals surface area contributed by atoms with Gasteiger partial charge < -0.3 is 19.5 Å². The molecule has 27 heavy (non-hydrogen) atoms. The second-order valence-electron chi connectivity index (χ2n) is 6.37. The molecule has 1 aliphatic rings. The number of nitrogens with zero attached hydrogens (tertiary/aromatic N) is 1. The molecule has 0 aromatic heterocycles. The van der Waals surface area contributed by atoms with Gasteiger partial charge in [-0.15, -0.1) is 0 Å². The minimum atomic E-state index is -0.894. The summed E-state index contributed by atoms with van der Waals surface area (Å²) in [5.41, 5.74) is 0.418. The number of ether oxygens (including phenoxy) is 2. The quantitative estimate of drug-likeness (QED) is 0.799. The van der Waals surface area contributed by atoms with Crippen molar-refractivity contribution in [2.75, 3.05) is 13.2 Å². The Morgan fingerprint density at radius 1 is 1.07 bits per heavy atom. The van der Waals surface area contributed by atoms with Crippen LogP contribution in [0.2, 0.25) is 0 Å². The minimum absolute atomic E-state index is 0.0397. The monoisotopic (exact) mass is 369 g/mol. The predicted molar refractivity (Wildman–Crippen MR) is 100 cm³/mol. The van der Waals surface area contributed by atoms with Crippen molar-refractivity contribution in [2.45, 2.75) is 32.2 Å². The molecule has 6 heteroatoms. The van der Waals surface area contributed by atoms with Crippen molar-refractivity contribution in [3.8, 4) is 17.2 Å². The summed E-state index contributed by atoms with van der Waals surface area (Å²) >= 11 is 0. The second-order valence-corrected chi connectivity index (χ2v) is 6.37. The van der Waals surface area contributed by atoms with Crippen molar-refractivity contribution in [3.63, 3.8) is 0 Å². The number of carbonyl (C=O) groups excluding carboxylic acids is 1. The van der Waals surface area contributed by atoms with E-state index in [0.29, 0.717) is 42.4 Å². The Morgan fingerprint density at radius 2 is 1.74 bits per heavy atom. The fraction of sp³-hybridized carbons (Fsp3) is 0.333. The molecule has 1 aliphatic heterocycles. The smallest absolute Gasteiger partial charge is 0.305 e. The summed E-state index contributed by atoms with van der Waals surface area (Å²) in [4.78, 5) is 25.8. The standard InChI is InChI=1S/C21H23NO5/c1-2-26-18-11-5-6-12-19(18)27-17-10-4-3-9-16(17)21(25)22-13-7-8-15(22)14-20(23)24/h3-6,9-12,15H,2,7-8,13-14H2,1H3,(H,23,24). The van der Waals surface area contributed by atoms with Gasteiger partial charge in [-0.1, -0.05) is 24.3 Å². The van der Waals surface area contributed by atoms with Gasteiger partial charge in [0.05, 0.1) is 18.6 Å². The van der Waals surface area contributed by atoms with Gasteiger partial charge in [0.25, 0.3) is 5.91 Å². The number of rotatable bonds is 7. The number of para-hydroxylation sites is 3. The fourth-order valence-corrected chi connectivity index (χ4v) is 3.33. The number of benzene rings is 2. The zero-order valence-electron chi connectivity index (χ0n) is 15.3. The van der Waals surface area contributed by atoms with Gasteiger partial charge in [0.2, 0.25) is 0 Å². The van der Waals surface area contributed by atoms with Crippen LogP contribution in [0.25, 0.3) is 0 Å². The Kier molecular flexibility index (Phi) is 5.96. The number of carboxylic acid groups (broad SMARTS) is 1. The first-order chi connectivity index (χ1) is 13.1. The van der Waals surface area contributed by atoms with Crippen LogP contribution in [0, 0.1) is 0 Å². The highest BCUT2D eigenvalue weighted by molar-refractivity contribution is 5.97. The summed E-state index contributed by atoms with van der Waals surface area (Å²) in [5.74, 6) is 0.462. The number of hydrogen-bond donors (Lipinski definition) is 1. The normalized spacial score (nSPS) is 16.2. The van der Waals surface area contributed by atoms with E-state index >= 15 is 0 Å². The zero-order chi connectivity index (χ0) is 19.2. The highest BCUT2D eigenvalue weighted by Gasteiger charge is 2.32. The molecule has 1 saturated heterocycles. The molecule has 142 valence electrons. The van der Waals surface area contributed by atoms with E-state index < -0.39 is 5.97 Å². The summed E-state index contributed by atoms with van der Waals surface area (Å²) < 4.78 is 11.6. The predicted octanol–water partition coefficient (Wildman–Crippen LogP) is 3.96. The van der Waals surface area contributed by atoms with Gasteiger partial charge in [-0.05, 0) is 44.0 Å². The van der Waals surface area contributed by atoms with Crippen molar-refractivity contribution in [1.82, 2.24) is 4.90 Å². The van der Waals surface area contributed by atoms with Crippen molar-refractivity contribution < 1.29 is 24.2 Å². The maximum Gasteiger partial charge on any atom is 0.305 e. The van der Waals surface area contributed by atoms with E-state index in [4.69, 9.17) is 14.6 Å². The molecule has 1 amide bonds. The zero-order valence-corrected chi connectivity index (χ0v) is 15.3. The lowest BCUT2D eigenvalue weighted by Crippen LogP contribution is -2.37. The fourth-order valence-electron chi connectivity index (χ4n) is 3.33. The van der Waals surface area contributed by atoms with Gasteiger partial charge >= 0.3 is 5.97 Å². The van der Waals surface area contributed by atoms with Crippen LogP contribution in [0.4, 0.5) is 0 Å². The lowest BCUT2D eigenvalue weighted by molar-refractivity contribution is -0.137. The van der Waals surface area contributed by atoms with Crippen molar-refractivity contribution in [1.29, 1.82) is 0 Å². The first-order valence-electron chi connectivity index (χ1n) is 9.11. The van der Waals surface area contributed by atoms with E-state index in [1.165, 1.54) is 0 Å². The molecule has 0 bridgehead atoms. The van der Waals surface area contributed by atoms with Gasteiger partial charge in [0.15, 0.2) is 11.5 Å². The van der Waals surface area contributed by atoms with Crippen LogP contribution in [0.5, 0.6) is 17.2 Å². The first-order valence-corrected chi connectivity index (χ1v) is 9.11. The lowest BCUT2D eigenvalue weighted by Gasteiger charge is -2.24. The molecule has 0 radical (unpaired) electrons. The van der Waals surface area contributed by atoms with E-state index in [0.717, 1.165) is 6.42 Å². The summed E-state index contributed by atoms with van der Waals surface area (Å²) in [6.07, 6.45) is 1.47. The van der Waals surface area contributed by atoms with Gasteiger partial charge in [0, 0.05) is 12.6 Å². The van der Waals surface area contributed by atoms with Crippen LogP contribution in [0.3, 0.4) is 0 Å². The number of aliphatic carboxylic acids is 1.